The average Bonchev–Trinajstić information content (AvgIpc) is 3.29. The summed E-state index contributed by atoms with van der Waals surface area (Å²) in [6, 6.07) is 6.00. The van der Waals surface area contributed by atoms with Crippen molar-refractivity contribution < 1.29 is 19.0 Å². The molecule has 1 spiro atoms. The van der Waals surface area contributed by atoms with Crippen molar-refractivity contribution >= 4 is 18.4 Å². The summed E-state index contributed by atoms with van der Waals surface area (Å²) in [4.78, 5) is 14.1. The first-order chi connectivity index (χ1) is 11.1. The molecule has 0 aromatic heterocycles. The van der Waals surface area contributed by atoms with Gasteiger partial charge in [-0.3, -0.25) is 9.69 Å². The molecule has 1 saturated carbocycles. The number of piperidine rings is 1. The second kappa shape index (κ2) is 7.62. The van der Waals surface area contributed by atoms with Crippen LogP contribution in [0.25, 0.3) is 0 Å². The number of methoxy groups -OCH3 is 3. The summed E-state index contributed by atoms with van der Waals surface area (Å²) in [5, 5.41) is 0. The van der Waals surface area contributed by atoms with Gasteiger partial charge in [0.25, 0.3) is 0 Å². The molecule has 1 heterocycles. The Kier molecular flexibility index (Phi) is 5.99. The summed E-state index contributed by atoms with van der Waals surface area (Å²) in [6.45, 7) is 2.92. The van der Waals surface area contributed by atoms with Gasteiger partial charge in [-0.2, -0.15) is 0 Å². The maximum Gasteiger partial charge on any atom is 0.309 e. The molecule has 2 fully saturated rings. The van der Waals surface area contributed by atoms with E-state index in [0.717, 1.165) is 50.4 Å². The number of ether oxygens (including phenoxy) is 3. The van der Waals surface area contributed by atoms with E-state index in [1.807, 2.05) is 6.07 Å². The average molecular weight is 356 g/mol. The molecule has 134 valence electrons. The Morgan fingerprint density at radius 1 is 1.12 bits per heavy atom. The topological polar surface area (TPSA) is 48.0 Å². The first-order valence-electron chi connectivity index (χ1n) is 8.12. The van der Waals surface area contributed by atoms with Crippen molar-refractivity contribution in [3.05, 3.63) is 23.8 Å². The molecular weight excluding hydrogens is 330 g/mol. The molecule has 1 aliphatic carbocycles. The van der Waals surface area contributed by atoms with Crippen LogP contribution in [0.1, 0.15) is 24.8 Å². The second-order valence-electron chi connectivity index (χ2n) is 6.64. The van der Waals surface area contributed by atoms with Crippen LogP contribution < -0.4 is 9.47 Å². The molecule has 1 atom stereocenters. The molecule has 2 aliphatic rings. The number of rotatable bonds is 5. The Morgan fingerprint density at radius 3 is 2.21 bits per heavy atom. The van der Waals surface area contributed by atoms with Gasteiger partial charge in [0, 0.05) is 12.6 Å². The van der Waals surface area contributed by atoms with Gasteiger partial charge in [-0.1, -0.05) is 0 Å². The van der Waals surface area contributed by atoms with Crippen LogP contribution in [-0.4, -0.2) is 45.3 Å². The quantitative estimate of drug-likeness (QED) is 0.760. The molecule has 24 heavy (non-hydrogen) atoms. The lowest BCUT2D eigenvalue weighted by atomic mass is 9.90. The zero-order valence-electron chi connectivity index (χ0n) is 14.5. The van der Waals surface area contributed by atoms with E-state index in [-0.39, 0.29) is 29.7 Å². The van der Waals surface area contributed by atoms with Gasteiger partial charge in [-0.05, 0) is 55.5 Å². The highest BCUT2D eigenvalue weighted by atomic mass is 35.5. The number of halogens is 1. The van der Waals surface area contributed by atoms with Crippen molar-refractivity contribution in [3.8, 4) is 11.5 Å². The minimum absolute atomic E-state index is 0. The lowest BCUT2D eigenvalue weighted by molar-refractivity contribution is -0.143. The van der Waals surface area contributed by atoms with Crippen molar-refractivity contribution in [2.75, 3.05) is 34.4 Å². The highest BCUT2D eigenvalue weighted by Gasteiger charge is 2.59. The highest BCUT2D eigenvalue weighted by Crippen LogP contribution is 2.59. The first kappa shape index (κ1) is 18.9. The molecular formula is C18H26ClNO4. The first-order valence-corrected chi connectivity index (χ1v) is 8.12. The Bertz CT molecular complexity index is 562. The summed E-state index contributed by atoms with van der Waals surface area (Å²) in [5.74, 6) is 1.74. The fourth-order valence-corrected chi connectivity index (χ4v) is 3.75. The van der Waals surface area contributed by atoms with E-state index >= 15 is 0 Å². The van der Waals surface area contributed by atoms with E-state index in [2.05, 4.69) is 17.0 Å². The van der Waals surface area contributed by atoms with Crippen molar-refractivity contribution in [2.45, 2.75) is 25.8 Å². The van der Waals surface area contributed by atoms with E-state index in [4.69, 9.17) is 14.2 Å². The minimum Gasteiger partial charge on any atom is -0.497 e. The smallest absolute Gasteiger partial charge is 0.309 e. The standard InChI is InChI=1S/C18H25NO4.ClH/c1-21-14-8-13(9-15(10-14)22-2)12-19-6-4-18(5-7-19)11-16(18)17(20)23-3;/h8-10,16H,4-7,11-12H2,1-3H3;1H. The molecule has 0 bridgehead atoms. The van der Waals surface area contributed by atoms with Crippen molar-refractivity contribution in [2.24, 2.45) is 11.3 Å². The van der Waals surface area contributed by atoms with Crippen molar-refractivity contribution in [1.82, 2.24) is 4.90 Å². The molecule has 1 saturated heterocycles. The molecule has 0 N–H and O–H groups in total. The lowest BCUT2D eigenvalue weighted by Crippen LogP contribution is -2.35. The number of nitrogens with zero attached hydrogens (tertiary/aromatic N) is 1. The van der Waals surface area contributed by atoms with Gasteiger partial charge in [0.2, 0.25) is 0 Å². The second-order valence-corrected chi connectivity index (χ2v) is 6.64. The van der Waals surface area contributed by atoms with Crippen LogP contribution in [-0.2, 0) is 16.1 Å². The number of hydrogen-bond donors (Lipinski definition) is 0. The van der Waals surface area contributed by atoms with Crippen LogP contribution in [0.4, 0.5) is 0 Å². The number of carbonyl (C=O) groups excluding carboxylic acids is 1. The molecule has 1 aromatic carbocycles. The van der Waals surface area contributed by atoms with Crippen LogP contribution >= 0.6 is 12.4 Å². The predicted octanol–water partition coefficient (Wildman–Crippen LogP) is 2.90. The Labute approximate surface area is 149 Å². The summed E-state index contributed by atoms with van der Waals surface area (Å²) < 4.78 is 15.6. The van der Waals surface area contributed by atoms with Gasteiger partial charge in [-0.15, -0.1) is 12.4 Å². The van der Waals surface area contributed by atoms with Gasteiger partial charge in [0.05, 0.1) is 27.2 Å². The SMILES string of the molecule is COC(=O)C1CC12CCN(Cc1cc(OC)cc(OC)c1)CC2.Cl. The van der Waals surface area contributed by atoms with E-state index in [9.17, 15) is 4.79 Å². The van der Waals surface area contributed by atoms with Gasteiger partial charge in [0.1, 0.15) is 11.5 Å². The molecule has 0 amide bonds. The van der Waals surface area contributed by atoms with Crippen LogP contribution in [0.2, 0.25) is 0 Å². The van der Waals surface area contributed by atoms with Gasteiger partial charge in [0.15, 0.2) is 0 Å². The Balaban J connectivity index is 0.00000208. The fraction of sp³-hybridized carbons (Fsp3) is 0.611. The Hall–Kier alpha value is -1.46. The predicted molar refractivity (Wildman–Crippen MR) is 93.9 cm³/mol. The van der Waals surface area contributed by atoms with E-state index in [1.165, 1.54) is 12.7 Å². The van der Waals surface area contributed by atoms with Crippen LogP contribution in [0, 0.1) is 11.3 Å². The molecule has 1 aliphatic heterocycles. The summed E-state index contributed by atoms with van der Waals surface area (Å²) in [6.07, 6.45) is 3.15. The van der Waals surface area contributed by atoms with Crippen molar-refractivity contribution in [1.29, 1.82) is 0 Å². The van der Waals surface area contributed by atoms with Gasteiger partial charge in [-0.25, -0.2) is 0 Å². The minimum atomic E-state index is -0.0315. The maximum absolute atomic E-state index is 11.7. The molecule has 5 nitrogen and oxygen atoms in total. The molecule has 3 rings (SSSR count). The third-order valence-electron chi connectivity index (χ3n) is 5.34. The van der Waals surface area contributed by atoms with Crippen LogP contribution in [0.5, 0.6) is 11.5 Å². The summed E-state index contributed by atoms with van der Waals surface area (Å²) in [7, 11) is 4.83. The normalized spacial score (nSPS) is 21.7. The van der Waals surface area contributed by atoms with Crippen molar-refractivity contribution in [3.63, 3.8) is 0 Å². The molecule has 1 unspecified atom stereocenters. The number of likely N-dealkylation sites (tertiary alicyclic amines) is 1. The summed E-state index contributed by atoms with van der Waals surface area (Å²) in [5.41, 5.74) is 1.41. The highest BCUT2D eigenvalue weighted by molar-refractivity contribution is 5.85. The molecule has 0 radical (unpaired) electrons. The number of esters is 1. The van der Waals surface area contributed by atoms with Gasteiger partial charge >= 0.3 is 5.97 Å². The zero-order valence-corrected chi connectivity index (χ0v) is 15.4. The number of carbonyl (C=O) groups is 1. The van der Waals surface area contributed by atoms with Crippen LogP contribution in [0.15, 0.2) is 18.2 Å². The number of benzene rings is 1. The maximum atomic E-state index is 11.7. The molecule has 1 aromatic rings. The van der Waals surface area contributed by atoms with E-state index in [0.29, 0.717) is 0 Å². The molecule has 6 heteroatoms. The third kappa shape index (κ3) is 3.78. The van der Waals surface area contributed by atoms with Crippen LogP contribution in [0.3, 0.4) is 0 Å². The monoisotopic (exact) mass is 355 g/mol. The summed E-state index contributed by atoms with van der Waals surface area (Å²) >= 11 is 0. The lowest BCUT2D eigenvalue weighted by Gasteiger charge is -2.32. The fourth-order valence-electron chi connectivity index (χ4n) is 3.75. The van der Waals surface area contributed by atoms with E-state index < -0.39 is 0 Å². The Morgan fingerprint density at radius 2 is 1.71 bits per heavy atom. The van der Waals surface area contributed by atoms with Gasteiger partial charge < -0.3 is 14.2 Å². The van der Waals surface area contributed by atoms with E-state index in [1.54, 1.807) is 14.2 Å². The largest absolute Gasteiger partial charge is 0.497 e. The third-order valence-corrected chi connectivity index (χ3v) is 5.34. The zero-order chi connectivity index (χ0) is 16.4. The number of hydrogen-bond acceptors (Lipinski definition) is 5.